The van der Waals surface area contributed by atoms with Gasteiger partial charge in [-0.1, -0.05) is 24.2 Å². The molecule has 1 aromatic carbocycles. The lowest BCUT2D eigenvalue weighted by atomic mass is 10.1. The average molecular weight is 221 g/mol. The van der Waals surface area contributed by atoms with Crippen LogP contribution in [0.2, 0.25) is 0 Å². The molecule has 16 heavy (non-hydrogen) atoms. The van der Waals surface area contributed by atoms with Crippen molar-refractivity contribution in [3.05, 3.63) is 40.3 Å². The molecule has 0 bridgehead atoms. The van der Waals surface area contributed by atoms with Crippen LogP contribution in [0.15, 0.2) is 29.4 Å². The van der Waals surface area contributed by atoms with E-state index in [1.165, 1.54) is 0 Å². The highest BCUT2D eigenvalue weighted by Crippen LogP contribution is 2.24. The summed E-state index contributed by atoms with van der Waals surface area (Å²) in [4.78, 5) is 2.83. The molecule has 0 aliphatic rings. The first-order chi connectivity index (χ1) is 7.81. The highest BCUT2D eigenvalue weighted by atomic mass is 16.7. The van der Waals surface area contributed by atoms with Gasteiger partial charge in [0.2, 0.25) is 0 Å². The molecule has 1 aromatic rings. The van der Waals surface area contributed by atoms with E-state index in [0.717, 1.165) is 12.0 Å². The van der Waals surface area contributed by atoms with E-state index in [1.807, 2.05) is 31.2 Å². The van der Waals surface area contributed by atoms with Crippen LogP contribution in [0.25, 0.3) is 10.4 Å². The molecule has 0 saturated carbocycles. The van der Waals surface area contributed by atoms with Crippen molar-refractivity contribution in [2.75, 3.05) is 13.9 Å². The highest BCUT2D eigenvalue weighted by molar-refractivity contribution is 5.30. The Hall–Kier alpha value is -1.71. The van der Waals surface area contributed by atoms with Crippen LogP contribution < -0.4 is 4.74 Å². The van der Waals surface area contributed by atoms with Crippen molar-refractivity contribution in [2.24, 2.45) is 5.11 Å². The lowest BCUT2D eigenvalue weighted by Crippen LogP contribution is -2.00. The van der Waals surface area contributed by atoms with Crippen LogP contribution >= 0.6 is 0 Å². The normalized spacial score (nSPS) is 11.6. The second-order valence-electron chi connectivity index (χ2n) is 3.25. The minimum atomic E-state index is -0.143. The van der Waals surface area contributed by atoms with Crippen molar-refractivity contribution >= 4 is 0 Å². The molecule has 0 spiro atoms. The molecule has 0 heterocycles. The van der Waals surface area contributed by atoms with Gasteiger partial charge in [0.15, 0.2) is 6.79 Å². The molecule has 1 atom stereocenters. The maximum absolute atomic E-state index is 8.45. The van der Waals surface area contributed by atoms with Crippen molar-refractivity contribution in [1.82, 2.24) is 0 Å². The van der Waals surface area contributed by atoms with E-state index in [1.54, 1.807) is 7.11 Å². The van der Waals surface area contributed by atoms with Crippen LogP contribution in [0.4, 0.5) is 0 Å². The number of ether oxygens (including phenoxy) is 2. The number of hydrogen-bond donors (Lipinski definition) is 0. The van der Waals surface area contributed by atoms with E-state index in [4.69, 9.17) is 15.0 Å². The summed E-state index contributed by atoms with van der Waals surface area (Å²) >= 11 is 0. The van der Waals surface area contributed by atoms with Gasteiger partial charge in [-0.25, -0.2) is 0 Å². The third-order valence-electron chi connectivity index (χ3n) is 2.16. The van der Waals surface area contributed by atoms with Gasteiger partial charge in [-0.3, -0.25) is 0 Å². The van der Waals surface area contributed by atoms with Crippen molar-refractivity contribution in [1.29, 1.82) is 0 Å². The Morgan fingerprint density at radius 1 is 1.50 bits per heavy atom. The zero-order chi connectivity index (χ0) is 11.8. The molecule has 1 rings (SSSR count). The second kappa shape index (κ2) is 6.71. The number of rotatable bonds is 6. The van der Waals surface area contributed by atoms with Gasteiger partial charge in [0.25, 0.3) is 0 Å². The molecule has 0 fully saturated rings. The Balaban J connectivity index is 2.83. The average Bonchev–Trinajstić information content (AvgIpc) is 2.33. The molecular weight excluding hydrogens is 206 g/mol. The summed E-state index contributed by atoms with van der Waals surface area (Å²) in [6.07, 6.45) is 0.762. The van der Waals surface area contributed by atoms with Gasteiger partial charge in [0.1, 0.15) is 5.75 Å². The van der Waals surface area contributed by atoms with Gasteiger partial charge in [-0.05, 0) is 29.6 Å². The third kappa shape index (κ3) is 3.46. The van der Waals surface area contributed by atoms with E-state index in [9.17, 15) is 0 Å². The van der Waals surface area contributed by atoms with Crippen LogP contribution in [-0.4, -0.2) is 13.9 Å². The fraction of sp³-hybridized carbons (Fsp3) is 0.455. The van der Waals surface area contributed by atoms with Crippen LogP contribution in [0.3, 0.4) is 0 Å². The van der Waals surface area contributed by atoms with Crippen LogP contribution in [0.5, 0.6) is 5.75 Å². The Bertz CT molecular complexity index is 375. The number of nitrogens with zero attached hydrogens (tertiary/aromatic N) is 3. The lowest BCUT2D eigenvalue weighted by Gasteiger charge is -2.10. The van der Waals surface area contributed by atoms with Gasteiger partial charge < -0.3 is 9.47 Å². The Kier molecular flexibility index (Phi) is 5.19. The predicted molar refractivity (Wildman–Crippen MR) is 61.1 cm³/mol. The third-order valence-corrected chi connectivity index (χ3v) is 2.16. The number of azide groups is 1. The van der Waals surface area contributed by atoms with E-state index in [2.05, 4.69) is 10.0 Å². The number of methoxy groups -OCH3 is 1. The maximum atomic E-state index is 8.45. The molecule has 5 heteroatoms. The van der Waals surface area contributed by atoms with E-state index in [-0.39, 0.29) is 12.8 Å². The van der Waals surface area contributed by atoms with Crippen LogP contribution in [0, 0.1) is 0 Å². The monoisotopic (exact) mass is 221 g/mol. The SMILES string of the molecule is CCC(N=[N+]=[N-])c1cccc(OCOC)c1. The van der Waals surface area contributed by atoms with E-state index >= 15 is 0 Å². The predicted octanol–water partition coefficient (Wildman–Crippen LogP) is 3.43. The van der Waals surface area contributed by atoms with Gasteiger partial charge in [0.05, 0.1) is 6.04 Å². The molecule has 5 nitrogen and oxygen atoms in total. The van der Waals surface area contributed by atoms with E-state index in [0.29, 0.717) is 5.75 Å². The topological polar surface area (TPSA) is 67.2 Å². The molecule has 0 radical (unpaired) electrons. The first-order valence-corrected chi connectivity index (χ1v) is 5.07. The first kappa shape index (κ1) is 12.4. The van der Waals surface area contributed by atoms with E-state index < -0.39 is 0 Å². The molecular formula is C11H15N3O2. The van der Waals surface area contributed by atoms with Gasteiger partial charge >= 0.3 is 0 Å². The zero-order valence-corrected chi connectivity index (χ0v) is 9.46. The second-order valence-corrected chi connectivity index (χ2v) is 3.25. The summed E-state index contributed by atoms with van der Waals surface area (Å²) < 4.78 is 10.1. The number of hydrogen-bond acceptors (Lipinski definition) is 3. The summed E-state index contributed by atoms with van der Waals surface area (Å²) in [5, 5.41) is 3.73. The fourth-order valence-corrected chi connectivity index (χ4v) is 1.38. The minimum Gasteiger partial charge on any atom is -0.468 e. The quantitative estimate of drug-likeness (QED) is 0.319. The number of benzene rings is 1. The van der Waals surface area contributed by atoms with Crippen molar-refractivity contribution in [2.45, 2.75) is 19.4 Å². The van der Waals surface area contributed by atoms with Gasteiger partial charge in [0, 0.05) is 12.0 Å². The summed E-state index contributed by atoms with van der Waals surface area (Å²) in [5.74, 6) is 0.714. The van der Waals surface area contributed by atoms with Crippen molar-refractivity contribution < 1.29 is 9.47 Å². The molecule has 0 saturated heterocycles. The summed E-state index contributed by atoms with van der Waals surface area (Å²) in [7, 11) is 1.57. The summed E-state index contributed by atoms with van der Waals surface area (Å²) in [6, 6.07) is 7.35. The van der Waals surface area contributed by atoms with Gasteiger partial charge in [-0.15, -0.1) is 0 Å². The van der Waals surface area contributed by atoms with Crippen LogP contribution in [0.1, 0.15) is 24.9 Å². The highest BCUT2D eigenvalue weighted by Gasteiger charge is 2.07. The molecule has 0 aromatic heterocycles. The smallest absolute Gasteiger partial charge is 0.188 e. The standard InChI is InChI=1S/C11H15N3O2/c1-3-11(13-14-12)9-5-4-6-10(7-9)16-8-15-2/h4-7,11H,3,8H2,1-2H3. The minimum absolute atomic E-state index is 0.143. The lowest BCUT2D eigenvalue weighted by molar-refractivity contribution is 0.0510. The molecule has 0 N–H and O–H groups in total. The van der Waals surface area contributed by atoms with Gasteiger partial charge in [-0.2, -0.15) is 0 Å². The maximum Gasteiger partial charge on any atom is 0.188 e. The van der Waals surface area contributed by atoms with Crippen molar-refractivity contribution in [3.8, 4) is 5.75 Å². The largest absolute Gasteiger partial charge is 0.468 e. The Morgan fingerprint density at radius 2 is 2.31 bits per heavy atom. The van der Waals surface area contributed by atoms with Crippen LogP contribution in [-0.2, 0) is 4.74 Å². The molecule has 86 valence electrons. The summed E-state index contributed by atoms with van der Waals surface area (Å²) in [5.41, 5.74) is 9.40. The Labute approximate surface area is 94.6 Å². The molecule has 1 unspecified atom stereocenters. The first-order valence-electron chi connectivity index (χ1n) is 5.07. The fourth-order valence-electron chi connectivity index (χ4n) is 1.38. The molecule has 0 aliphatic heterocycles. The van der Waals surface area contributed by atoms with Crippen molar-refractivity contribution in [3.63, 3.8) is 0 Å². The Morgan fingerprint density at radius 3 is 2.94 bits per heavy atom. The molecule has 0 amide bonds. The summed E-state index contributed by atoms with van der Waals surface area (Å²) in [6.45, 7) is 2.18. The molecule has 0 aliphatic carbocycles. The zero-order valence-electron chi connectivity index (χ0n) is 9.46.